The van der Waals surface area contributed by atoms with Gasteiger partial charge in [0.1, 0.15) is 0 Å². The molecule has 0 aliphatic heterocycles. The van der Waals surface area contributed by atoms with Crippen LogP contribution in [0.25, 0.3) is 0 Å². The summed E-state index contributed by atoms with van der Waals surface area (Å²) in [6.07, 6.45) is 14.8. The summed E-state index contributed by atoms with van der Waals surface area (Å²) >= 11 is 0. The largest absolute Gasteiger partial charge is 0.379 e. The van der Waals surface area contributed by atoms with Crippen molar-refractivity contribution < 1.29 is 85.3 Å². The highest BCUT2D eigenvalue weighted by molar-refractivity contribution is 5.44. The van der Waals surface area contributed by atoms with E-state index in [1.165, 1.54) is 0 Å². The van der Waals surface area contributed by atoms with Gasteiger partial charge in [0.2, 0.25) is 53.5 Å². The molecule has 40 nitrogen and oxygen atoms in total. The average Bonchev–Trinajstić information content (AvgIpc) is 0.883. The molecule has 0 atom stereocenters. The highest BCUT2D eigenvalue weighted by atomic mass is 16.6. The zero-order valence-electron chi connectivity index (χ0n) is 66.9. The third-order valence-electron chi connectivity index (χ3n) is 14.7. The lowest BCUT2D eigenvalue weighted by atomic mass is 10.4. The van der Waals surface area contributed by atoms with E-state index in [0.29, 0.717) is 383 Å². The number of rotatable bonds is 90. The van der Waals surface area contributed by atoms with E-state index in [0.717, 1.165) is 64.2 Å². The van der Waals surface area contributed by atoms with Gasteiger partial charge in [-0.2, -0.15) is 44.9 Å². The molecule has 0 aromatic carbocycles. The SMILES string of the molecule is C#CCNc1nc(NCCCOCCOCCOCCCNc2nc(NCCCOCCOCCOCCCN)nc(NCCCOCCOCCOCCCN)n2)nc(NCCCOCCOCCOCCCNc2nc(NCCCOCCOCCOCCCN)nc(NCCCOCCOCCOCCCN)n2)n1. The monoisotopic (exact) mass is 1600 g/mol. The summed E-state index contributed by atoms with van der Waals surface area (Å²) in [7, 11) is 0. The van der Waals surface area contributed by atoms with Crippen molar-refractivity contribution in [3.8, 4) is 12.3 Å². The normalized spacial score (nSPS) is 11.3. The van der Waals surface area contributed by atoms with Crippen LogP contribution in [0.3, 0.4) is 0 Å². The summed E-state index contributed by atoms with van der Waals surface area (Å²) in [6, 6.07) is 0. The fourth-order valence-electron chi connectivity index (χ4n) is 8.96. The minimum absolute atomic E-state index is 0.262. The molecule has 0 amide bonds. The Balaban J connectivity index is 1.22. The Hall–Kier alpha value is -6.09. The molecule has 0 unspecified atom stereocenters. The summed E-state index contributed by atoms with van der Waals surface area (Å²) in [6.45, 7) is 26.3. The molecular formula is C72H140N22O18. The molecule has 0 aliphatic rings. The van der Waals surface area contributed by atoms with Gasteiger partial charge >= 0.3 is 0 Å². The minimum Gasteiger partial charge on any atom is -0.379 e. The number of terminal acetylenes is 1. The van der Waals surface area contributed by atoms with Crippen LogP contribution in [0.15, 0.2) is 0 Å². The van der Waals surface area contributed by atoms with Crippen molar-refractivity contribution in [1.82, 2.24) is 44.9 Å². The molecule has 3 aromatic heterocycles. The summed E-state index contributed by atoms with van der Waals surface area (Å²) < 4.78 is 102. The molecule has 0 bridgehead atoms. The standard InChI is InChI=1S/C72H140N22O18/c1-2-19-77-64-86-65(78-20-7-32-103-48-60-111-62-50-105-38-13-26-84-71-91-67(80-22-9-34-99-44-56-107-52-40-95-28-3-15-73)89-68(92-71)81-23-10-35-100-45-57-108-53-41-96-29-4-16-74)88-66(87-64)79-21-8-33-104-49-61-112-63-51-106-39-14-27-85-72-93-69(82-24-11-36-101-46-58-109-54-42-97-30-5-17-75)90-70(94-72)83-25-12-37-102-47-59-110-55-43-98-31-6-18-76/h1H,3-63,73-76H2,(H3,77,78,79,86,87,88)(H3,80,81,84,89,91,92)(H3,82,83,85,90,93,94). The van der Waals surface area contributed by atoms with Crippen molar-refractivity contribution in [2.45, 2.75) is 77.0 Å². The number of nitrogens with zero attached hydrogens (tertiary/aromatic N) is 9. The van der Waals surface area contributed by atoms with Gasteiger partial charge in [-0.15, -0.1) is 6.42 Å². The second-order valence-corrected chi connectivity index (χ2v) is 24.3. The molecule has 112 heavy (non-hydrogen) atoms. The molecule has 0 saturated carbocycles. The maximum Gasteiger partial charge on any atom is 0.230 e. The van der Waals surface area contributed by atoms with Crippen molar-refractivity contribution >= 4 is 53.5 Å². The first-order chi connectivity index (χ1) is 55.6. The molecule has 3 rings (SSSR count). The Bertz CT molecular complexity index is 2320. The lowest BCUT2D eigenvalue weighted by Crippen LogP contribution is -2.17. The summed E-state index contributed by atoms with van der Waals surface area (Å²) in [4.78, 5) is 41.0. The third-order valence-corrected chi connectivity index (χ3v) is 14.7. The van der Waals surface area contributed by atoms with E-state index in [-0.39, 0.29) is 6.54 Å². The summed E-state index contributed by atoms with van der Waals surface area (Å²) in [5, 5.41) is 29.3. The number of ether oxygens (including phenoxy) is 18. The van der Waals surface area contributed by atoms with E-state index in [1.807, 2.05) is 0 Å². The van der Waals surface area contributed by atoms with Crippen LogP contribution in [0.2, 0.25) is 0 Å². The van der Waals surface area contributed by atoms with Crippen molar-refractivity contribution in [2.75, 3.05) is 371 Å². The zero-order valence-corrected chi connectivity index (χ0v) is 66.9. The Morgan fingerprint density at radius 3 is 0.420 bits per heavy atom. The number of hydrogen-bond acceptors (Lipinski definition) is 40. The van der Waals surface area contributed by atoms with Crippen LogP contribution < -0.4 is 70.8 Å². The third kappa shape index (κ3) is 65.2. The van der Waals surface area contributed by atoms with Crippen LogP contribution in [-0.2, 0) is 85.3 Å². The first kappa shape index (κ1) is 100. The topological polar surface area (TPSA) is 494 Å². The molecule has 646 valence electrons. The van der Waals surface area contributed by atoms with Crippen LogP contribution >= 0.6 is 0 Å². The maximum absolute atomic E-state index is 5.82. The molecule has 0 spiro atoms. The molecule has 0 aliphatic carbocycles. The fourth-order valence-corrected chi connectivity index (χ4v) is 8.96. The van der Waals surface area contributed by atoms with E-state index in [2.05, 4.69) is 98.6 Å². The Morgan fingerprint density at radius 2 is 0.295 bits per heavy atom. The van der Waals surface area contributed by atoms with Crippen LogP contribution in [0.1, 0.15) is 77.0 Å². The molecule has 3 heterocycles. The zero-order chi connectivity index (χ0) is 79.5. The van der Waals surface area contributed by atoms with Crippen molar-refractivity contribution in [3.63, 3.8) is 0 Å². The van der Waals surface area contributed by atoms with Gasteiger partial charge in [-0.05, 0) is 103 Å². The van der Waals surface area contributed by atoms with E-state index in [9.17, 15) is 0 Å². The molecule has 17 N–H and O–H groups in total. The lowest BCUT2D eigenvalue weighted by Gasteiger charge is -2.12. The maximum atomic E-state index is 5.82. The second-order valence-electron chi connectivity index (χ2n) is 24.3. The molecule has 0 saturated heterocycles. The van der Waals surface area contributed by atoms with Crippen molar-refractivity contribution in [2.24, 2.45) is 22.9 Å². The minimum atomic E-state index is 0.262. The average molecular weight is 1600 g/mol. The van der Waals surface area contributed by atoms with Crippen LogP contribution in [0.5, 0.6) is 0 Å². The summed E-state index contributed by atoms with van der Waals surface area (Å²) in [5.74, 6) is 6.44. The van der Waals surface area contributed by atoms with E-state index in [4.69, 9.17) is 115 Å². The molecule has 3 aromatic rings. The van der Waals surface area contributed by atoms with E-state index >= 15 is 0 Å². The van der Waals surface area contributed by atoms with Crippen molar-refractivity contribution in [3.05, 3.63) is 0 Å². The molecule has 0 fully saturated rings. The van der Waals surface area contributed by atoms with Crippen LogP contribution in [0, 0.1) is 12.3 Å². The Labute approximate surface area is 664 Å². The smallest absolute Gasteiger partial charge is 0.230 e. The van der Waals surface area contributed by atoms with Gasteiger partial charge in [0.25, 0.3) is 0 Å². The first-order valence-corrected chi connectivity index (χ1v) is 40.1. The van der Waals surface area contributed by atoms with Gasteiger partial charge in [-0.25, -0.2) is 0 Å². The van der Waals surface area contributed by atoms with Crippen LogP contribution in [-0.4, -0.2) is 368 Å². The quantitative estimate of drug-likeness (QED) is 0.0283. The highest BCUT2D eigenvalue weighted by Crippen LogP contribution is 2.13. The van der Waals surface area contributed by atoms with Gasteiger partial charge in [0.15, 0.2) is 0 Å². The van der Waals surface area contributed by atoms with E-state index in [1.54, 1.807) is 0 Å². The Morgan fingerprint density at radius 1 is 0.179 bits per heavy atom. The number of anilines is 9. The predicted molar refractivity (Wildman–Crippen MR) is 431 cm³/mol. The van der Waals surface area contributed by atoms with Gasteiger partial charge < -0.3 is 156 Å². The molecule has 40 heteroatoms. The predicted octanol–water partition coefficient (Wildman–Crippen LogP) is 1.80. The second kappa shape index (κ2) is 80.1. The van der Waals surface area contributed by atoms with Gasteiger partial charge in [-0.1, -0.05) is 5.92 Å². The number of nitrogens with one attached hydrogen (secondary N) is 9. The molecule has 0 radical (unpaired) electrons. The fraction of sp³-hybridized carbons (Fsp3) is 0.847. The Kier molecular flexibility index (Phi) is 71.6. The van der Waals surface area contributed by atoms with Gasteiger partial charge in [0, 0.05) is 132 Å². The number of nitrogens with two attached hydrogens (primary N) is 4. The first-order valence-electron chi connectivity index (χ1n) is 40.1. The summed E-state index contributed by atoms with van der Waals surface area (Å²) in [5.41, 5.74) is 22.0. The molecular weight excluding hydrogens is 1460 g/mol. The van der Waals surface area contributed by atoms with Crippen molar-refractivity contribution in [1.29, 1.82) is 0 Å². The number of aromatic nitrogens is 9. The van der Waals surface area contributed by atoms with Crippen LogP contribution in [0.4, 0.5) is 53.5 Å². The van der Waals surface area contributed by atoms with E-state index < -0.39 is 0 Å². The van der Waals surface area contributed by atoms with Gasteiger partial charge in [-0.3, -0.25) is 0 Å². The lowest BCUT2D eigenvalue weighted by molar-refractivity contribution is 0.0144. The number of hydrogen-bond donors (Lipinski definition) is 13. The van der Waals surface area contributed by atoms with Gasteiger partial charge in [0.05, 0.1) is 165 Å². The highest BCUT2D eigenvalue weighted by Gasteiger charge is 2.12.